The summed E-state index contributed by atoms with van der Waals surface area (Å²) in [5, 5.41) is 7.93. The molecule has 0 radical (unpaired) electrons. The average molecular weight is 309 g/mol. The quantitative estimate of drug-likeness (QED) is 0.776. The molecule has 1 N–H and O–H groups in total. The van der Waals surface area contributed by atoms with Gasteiger partial charge in [-0.25, -0.2) is 22.5 Å². The summed E-state index contributed by atoms with van der Waals surface area (Å²) in [6, 6.07) is 4.71. The van der Waals surface area contributed by atoms with Crippen LogP contribution in [0.4, 0.5) is 0 Å². The third kappa shape index (κ3) is 3.19. The van der Waals surface area contributed by atoms with Crippen molar-refractivity contribution in [3.05, 3.63) is 40.9 Å². The van der Waals surface area contributed by atoms with Gasteiger partial charge in [0.2, 0.25) is 10.0 Å². The lowest BCUT2D eigenvalue weighted by molar-refractivity contribution is 0.541. The maximum Gasteiger partial charge on any atom is 0.266 e. The maximum absolute atomic E-state index is 11.7. The standard InChI is InChI=1S/C12H15N5O3S/c18-12-5-4-11(16-8-1-6-13-16)15-17(12)9-7-14-21(19,20)10-2-3-10/h1,4-6,8,10,14H,2-3,7,9H2. The molecular formula is C12H15N5O3S. The normalized spacial score (nSPS) is 15.2. The first-order valence-electron chi connectivity index (χ1n) is 6.63. The summed E-state index contributed by atoms with van der Waals surface area (Å²) < 4.78 is 28.6. The summed E-state index contributed by atoms with van der Waals surface area (Å²) in [4.78, 5) is 11.7. The molecule has 9 heteroatoms. The molecule has 2 heterocycles. The predicted molar refractivity (Wildman–Crippen MR) is 75.6 cm³/mol. The van der Waals surface area contributed by atoms with Crippen LogP contribution in [-0.2, 0) is 16.6 Å². The van der Waals surface area contributed by atoms with E-state index in [1.54, 1.807) is 24.5 Å². The second-order valence-corrected chi connectivity index (χ2v) is 6.89. The van der Waals surface area contributed by atoms with Gasteiger partial charge in [-0.15, -0.1) is 5.10 Å². The van der Waals surface area contributed by atoms with Crippen LogP contribution in [0.3, 0.4) is 0 Å². The van der Waals surface area contributed by atoms with Crippen molar-refractivity contribution in [3.8, 4) is 5.82 Å². The van der Waals surface area contributed by atoms with Crippen molar-refractivity contribution in [3.63, 3.8) is 0 Å². The van der Waals surface area contributed by atoms with Gasteiger partial charge in [0.1, 0.15) is 0 Å². The second kappa shape index (κ2) is 5.41. The van der Waals surface area contributed by atoms with Gasteiger partial charge in [-0.05, 0) is 25.0 Å². The topological polar surface area (TPSA) is 98.9 Å². The Kier molecular flexibility index (Phi) is 3.60. The van der Waals surface area contributed by atoms with E-state index < -0.39 is 10.0 Å². The van der Waals surface area contributed by atoms with Crippen molar-refractivity contribution in [2.75, 3.05) is 6.54 Å². The van der Waals surface area contributed by atoms with Crippen LogP contribution in [-0.4, -0.2) is 39.8 Å². The molecule has 1 saturated carbocycles. The number of nitrogens with one attached hydrogen (secondary N) is 1. The van der Waals surface area contributed by atoms with E-state index in [2.05, 4.69) is 14.9 Å². The van der Waals surface area contributed by atoms with Crippen LogP contribution >= 0.6 is 0 Å². The van der Waals surface area contributed by atoms with E-state index in [4.69, 9.17) is 0 Å². The van der Waals surface area contributed by atoms with Gasteiger partial charge in [0.15, 0.2) is 5.82 Å². The summed E-state index contributed by atoms with van der Waals surface area (Å²) in [6.07, 6.45) is 4.75. The molecule has 0 aliphatic heterocycles. The maximum atomic E-state index is 11.7. The average Bonchev–Trinajstić information content (AvgIpc) is 3.18. The fourth-order valence-electron chi connectivity index (χ4n) is 1.91. The molecule has 0 saturated heterocycles. The lowest BCUT2D eigenvalue weighted by Gasteiger charge is -2.08. The fraction of sp³-hybridized carbons (Fsp3) is 0.417. The Balaban J connectivity index is 1.70. The van der Waals surface area contributed by atoms with Crippen LogP contribution in [0.25, 0.3) is 5.82 Å². The van der Waals surface area contributed by atoms with E-state index in [1.807, 2.05) is 0 Å². The Morgan fingerprint density at radius 2 is 2.14 bits per heavy atom. The number of hydrogen-bond donors (Lipinski definition) is 1. The molecule has 21 heavy (non-hydrogen) atoms. The molecule has 1 aliphatic carbocycles. The number of nitrogens with zero attached hydrogens (tertiary/aromatic N) is 4. The SMILES string of the molecule is O=c1ccc(-n2cccn2)nn1CCNS(=O)(=O)C1CC1. The summed E-state index contributed by atoms with van der Waals surface area (Å²) in [5.41, 5.74) is -0.281. The molecule has 0 amide bonds. The van der Waals surface area contributed by atoms with Crippen LogP contribution in [0.2, 0.25) is 0 Å². The number of hydrogen-bond acceptors (Lipinski definition) is 5. The minimum atomic E-state index is -3.23. The Morgan fingerprint density at radius 1 is 1.33 bits per heavy atom. The van der Waals surface area contributed by atoms with Gasteiger partial charge in [0, 0.05) is 25.0 Å². The van der Waals surface area contributed by atoms with E-state index in [0.29, 0.717) is 18.7 Å². The molecule has 1 fully saturated rings. The first kappa shape index (κ1) is 14.0. The van der Waals surface area contributed by atoms with E-state index in [0.717, 1.165) is 0 Å². The van der Waals surface area contributed by atoms with Crippen molar-refractivity contribution >= 4 is 10.0 Å². The van der Waals surface area contributed by atoms with Gasteiger partial charge in [-0.3, -0.25) is 4.79 Å². The first-order valence-corrected chi connectivity index (χ1v) is 8.17. The highest BCUT2D eigenvalue weighted by Crippen LogP contribution is 2.27. The Hall–Kier alpha value is -2.00. The van der Waals surface area contributed by atoms with Crippen molar-refractivity contribution in [2.24, 2.45) is 0 Å². The second-order valence-electron chi connectivity index (χ2n) is 4.84. The molecule has 112 valence electrons. The van der Waals surface area contributed by atoms with Crippen molar-refractivity contribution in [1.82, 2.24) is 24.3 Å². The van der Waals surface area contributed by atoms with E-state index in [-0.39, 0.29) is 23.9 Å². The molecule has 0 unspecified atom stereocenters. The van der Waals surface area contributed by atoms with Crippen LogP contribution < -0.4 is 10.3 Å². The largest absolute Gasteiger partial charge is 0.268 e. The Bertz CT molecular complexity index is 777. The lowest BCUT2D eigenvalue weighted by atomic mass is 10.5. The van der Waals surface area contributed by atoms with Gasteiger partial charge in [-0.1, -0.05) is 0 Å². The number of rotatable bonds is 6. The molecule has 3 rings (SSSR count). The van der Waals surface area contributed by atoms with Crippen LogP contribution in [0.1, 0.15) is 12.8 Å². The molecular weight excluding hydrogens is 294 g/mol. The minimum absolute atomic E-state index is 0.147. The lowest BCUT2D eigenvalue weighted by Crippen LogP contribution is -2.33. The summed E-state index contributed by atoms with van der Waals surface area (Å²) in [6.45, 7) is 0.328. The highest BCUT2D eigenvalue weighted by atomic mass is 32.2. The summed E-state index contributed by atoms with van der Waals surface area (Å²) in [5.74, 6) is 0.504. The Labute approximate surface area is 121 Å². The molecule has 2 aromatic heterocycles. The smallest absolute Gasteiger partial charge is 0.266 e. The van der Waals surface area contributed by atoms with E-state index >= 15 is 0 Å². The van der Waals surface area contributed by atoms with Gasteiger partial charge < -0.3 is 0 Å². The van der Waals surface area contributed by atoms with Gasteiger partial charge >= 0.3 is 0 Å². The molecule has 1 aliphatic rings. The monoisotopic (exact) mass is 309 g/mol. The third-order valence-electron chi connectivity index (χ3n) is 3.18. The van der Waals surface area contributed by atoms with Crippen LogP contribution in [0.5, 0.6) is 0 Å². The minimum Gasteiger partial charge on any atom is -0.268 e. The molecule has 0 atom stereocenters. The predicted octanol–water partition coefficient (Wildman–Crippen LogP) is -0.489. The zero-order chi connectivity index (χ0) is 14.9. The van der Waals surface area contributed by atoms with E-state index in [9.17, 15) is 13.2 Å². The summed E-state index contributed by atoms with van der Waals surface area (Å²) in [7, 11) is -3.23. The van der Waals surface area contributed by atoms with E-state index in [1.165, 1.54) is 15.4 Å². The number of sulfonamides is 1. The third-order valence-corrected chi connectivity index (χ3v) is 5.14. The molecule has 2 aromatic rings. The van der Waals surface area contributed by atoms with Gasteiger partial charge in [-0.2, -0.15) is 5.10 Å². The van der Waals surface area contributed by atoms with Gasteiger partial charge in [0.25, 0.3) is 5.56 Å². The summed E-state index contributed by atoms with van der Waals surface area (Å²) >= 11 is 0. The molecule has 0 spiro atoms. The molecule has 0 aromatic carbocycles. The van der Waals surface area contributed by atoms with Gasteiger partial charge in [0.05, 0.1) is 11.8 Å². The highest BCUT2D eigenvalue weighted by molar-refractivity contribution is 7.90. The van der Waals surface area contributed by atoms with Crippen LogP contribution in [0, 0.1) is 0 Å². The molecule has 0 bridgehead atoms. The van der Waals surface area contributed by atoms with Crippen molar-refractivity contribution in [1.29, 1.82) is 0 Å². The first-order chi connectivity index (χ1) is 10.1. The zero-order valence-electron chi connectivity index (χ0n) is 11.2. The Morgan fingerprint density at radius 3 is 2.81 bits per heavy atom. The van der Waals surface area contributed by atoms with Crippen molar-refractivity contribution in [2.45, 2.75) is 24.6 Å². The van der Waals surface area contributed by atoms with Crippen molar-refractivity contribution < 1.29 is 8.42 Å². The highest BCUT2D eigenvalue weighted by Gasteiger charge is 2.35. The van der Waals surface area contributed by atoms with Crippen LogP contribution in [0.15, 0.2) is 35.4 Å². The fourth-order valence-corrected chi connectivity index (χ4v) is 3.28. The number of aromatic nitrogens is 4. The molecule has 8 nitrogen and oxygen atoms in total. The zero-order valence-corrected chi connectivity index (χ0v) is 12.0.